The van der Waals surface area contributed by atoms with E-state index in [1.165, 1.54) is 0 Å². The van der Waals surface area contributed by atoms with Crippen LogP contribution in [0.25, 0.3) is 0 Å². The van der Waals surface area contributed by atoms with Gasteiger partial charge in [0.15, 0.2) is 0 Å². The first-order valence-corrected chi connectivity index (χ1v) is 9.18. The predicted molar refractivity (Wildman–Crippen MR) is 96.6 cm³/mol. The van der Waals surface area contributed by atoms with E-state index in [1.807, 2.05) is 17.0 Å². The number of carbonyl (C=O) groups excluding carboxylic acids is 1. The summed E-state index contributed by atoms with van der Waals surface area (Å²) in [5.74, 6) is 1.59. The summed E-state index contributed by atoms with van der Waals surface area (Å²) in [6, 6.07) is 7.46. The zero-order chi connectivity index (χ0) is 18.0. The summed E-state index contributed by atoms with van der Waals surface area (Å²) in [7, 11) is 2.12. The molecule has 2 aliphatic rings. The number of hydrogen-bond donors (Lipinski definition) is 0. The van der Waals surface area contributed by atoms with Crippen molar-refractivity contribution in [2.75, 3.05) is 33.3 Å². The fourth-order valence-electron chi connectivity index (χ4n) is 3.95. The van der Waals surface area contributed by atoms with Gasteiger partial charge in [-0.15, -0.1) is 0 Å². The van der Waals surface area contributed by atoms with Crippen molar-refractivity contribution < 1.29 is 13.9 Å². The van der Waals surface area contributed by atoms with Gasteiger partial charge < -0.3 is 14.1 Å². The highest BCUT2D eigenvalue weighted by Crippen LogP contribution is 2.36. The molecule has 1 amide bonds. The molecule has 138 valence electrons. The Kier molecular flexibility index (Phi) is 4.78. The molecule has 0 N–H and O–H groups in total. The second-order valence-corrected chi connectivity index (χ2v) is 7.57. The van der Waals surface area contributed by atoms with Gasteiger partial charge in [-0.2, -0.15) is 0 Å². The van der Waals surface area contributed by atoms with Gasteiger partial charge in [0.2, 0.25) is 0 Å². The molecular weight excluding hydrogens is 330 g/mol. The largest absolute Gasteiger partial charge is 0.468 e. The molecule has 6 nitrogen and oxygen atoms in total. The van der Waals surface area contributed by atoms with Crippen LogP contribution in [-0.2, 0) is 11.3 Å². The van der Waals surface area contributed by atoms with Gasteiger partial charge in [0, 0.05) is 24.5 Å². The Hall–Kier alpha value is -2.18. The summed E-state index contributed by atoms with van der Waals surface area (Å²) in [5, 5.41) is 0. The predicted octanol–water partition coefficient (Wildman–Crippen LogP) is 2.43. The molecule has 0 aromatic carbocycles. The number of hydrogen-bond acceptors (Lipinski definition) is 5. The molecule has 2 aromatic rings. The maximum absolute atomic E-state index is 12.4. The molecule has 0 unspecified atom stereocenters. The third-order valence-electron chi connectivity index (χ3n) is 5.38. The zero-order valence-corrected chi connectivity index (χ0v) is 15.1. The van der Waals surface area contributed by atoms with E-state index >= 15 is 0 Å². The molecule has 0 radical (unpaired) electrons. The Labute approximate surface area is 153 Å². The number of nitrogens with zero attached hydrogens (tertiary/aromatic N) is 3. The minimum Gasteiger partial charge on any atom is -0.468 e. The SMILES string of the molecule is CN(Cc1ccco1)C[C@H]1CCC2(CN(C(=O)c3ccncc3)C2)OC1. The van der Waals surface area contributed by atoms with Gasteiger partial charge in [0.05, 0.1) is 32.5 Å². The molecule has 4 heterocycles. The highest BCUT2D eigenvalue weighted by atomic mass is 16.5. The number of aromatic nitrogens is 1. The second-order valence-electron chi connectivity index (χ2n) is 7.57. The molecule has 0 bridgehead atoms. The Morgan fingerprint density at radius 1 is 1.35 bits per heavy atom. The summed E-state index contributed by atoms with van der Waals surface area (Å²) < 4.78 is 11.6. The van der Waals surface area contributed by atoms with Gasteiger partial charge in [-0.05, 0) is 50.1 Å². The minimum atomic E-state index is -0.126. The van der Waals surface area contributed by atoms with Gasteiger partial charge in [-0.3, -0.25) is 14.7 Å². The topological polar surface area (TPSA) is 58.8 Å². The van der Waals surface area contributed by atoms with E-state index < -0.39 is 0 Å². The van der Waals surface area contributed by atoms with Crippen LogP contribution in [0.15, 0.2) is 47.3 Å². The van der Waals surface area contributed by atoms with E-state index in [2.05, 4.69) is 16.9 Å². The van der Waals surface area contributed by atoms with Crippen LogP contribution in [0.4, 0.5) is 0 Å². The highest BCUT2D eigenvalue weighted by Gasteiger charge is 2.48. The summed E-state index contributed by atoms with van der Waals surface area (Å²) >= 11 is 0. The van der Waals surface area contributed by atoms with E-state index in [-0.39, 0.29) is 11.5 Å². The smallest absolute Gasteiger partial charge is 0.254 e. The molecule has 0 aliphatic carbocycles. The van der Waals surface area contributed by atoms with Crippen LogP contribution in [0, 0.1) is 5.92 Å². The van der Waals surface area contributed by atoms with Crippen molar-refractivity contribution in [1.29, 1.82) is 0 Å². The van der Waals surface area contributed by atoms with Gasteiger partial charge in [0.1, 0.15) is 11.4 Å². The van der Waals surface area contributed by atoms with Crippen LogP contribution >= 0.6 is 0 Å². The Morgan fingerprint density at radius 3 is 2.81 bits per heavy atom. The number of likely N-dealkylation sites (tertiary alicyclic amines) is 1. The van der Waals surface area contributed by atoms with Crippen molar-refractivity contribution in [2.45, 2.75) is 25.0 Å². The Balaban J connectivity index is 1.23. The first kappa shape index (κ1) is 17.2. The molecule has 1 spiro atoms. The number of pyridine rings is 1. The normalized spacial score (nSPS) is 21.8. The molecule has 2 saturated heterocycles. The fourth-order valence-corrected chi connectivity index (χ4v) is 3.95. The summed E-state index contributed by atoms with van der Waals surface area (Å²) in [6.07, 6.45) is 7.19. The monoisotopic (exact) mass is 355 g/mol. The molecule has 4 rings (SSSR count). The summed E-state index contributed by atoms with van der Waals surface area (Å²) in [5.41, 5.74) is 0.571. The number of rotatable bonds is 5. The zero-order valence-electron chi connectivity index (χ0n) is 15.1. The van der Waals surface area contributed by atoms with E-state index in [0.29, 0.717) is 24.6 Å². The van der Waals surface area contributed by atoms with Gasteiger partial charge >= 0.3 is 0 Å². The standard InChI is InChI=1S/C20H25N3O3/c1-22(12-18-3-2-10-25-18)11-16-4-7-20(26-13-16)14-23(15-20)19(24)17-5-8-21-9-6-17/h2-3,5-6,8-10,16H,4,7,11-15H2,1H3/t16-/m1/s1. The Bertz CT molecular complexity index is 716. The number of ether oxygens (including phenoxy) is 1. The van der Waals surface area contributed by atoms with Crippen LogP contribution in [0.1, 0.15) is 29.0 Å². The number of furan rings is 1. The molecule has 2 aliphatic heterocycles. The van der Waals surface area contributed by atoms with Crippen LogP contribution in [-0.4, -0.2) is 59.6 Å². The van der Waals surface area contributed by atoms with Gasteiger partial charge in [-0.1, -0.05) is 0 Å². The number of amides is 1. The lowest BCUT2D eigenvalue weighted by Crippen LogP contribution is -2.66. The van der Waals surface area contributed by atoms with Crippen molar-refractivity contribution in [1.82, 2.24) is 14.8 Å². The van der Waals surface area contributed by atoms with Crippen molar-refractivity contribution in [3.05, 3.63) is 54.2 Å². The first-order chi connectivity index (χ1) is 12.6. The fraction of sp³-hybridized carbons (Fsp3) is 0.500. The molecular formula is C20H25N3O3. The number of carbonyl (C=O) groups is 1. The van der Waals surface area contributed by atoms with Crippen LogP contribution < -0.4 is 0 Å². The molecule has 2 aromatic heterocycles. The summed E-state index contributed by atoms with van der Waals surface area (Å²) in [6.45, 7) is 3.98. The highest BCUT2D eigenvalue weighted by molar-refractivity contribution is 5.94. The van der Waals surface area contributed by atoms with E-state index in [1.54, 1.807) is 30.8 Å². The average molecular weight is 355 g/mol. The van der Waals surface area contributed by atoms with Crippen LogP contribution in [0.5, 0.6) is 0 Å². The van der Waals surface area contributed by atoms with Crippen molar-refractivity contribution in [3.63, 3.8) is 0 Å². The minimum absolute atomic E-state index is 0.0712. The maximum atomic E-state index is 12.4. The van der Waals surface area contributed by atoms with Crippen molar-refractivity contribution >= 4 is 5.91 Å². The van der Waals surface area contributed by atoms with Crippen LogP contribution in [0.3, 0.4) is 0 Å². The maximum Gasteiger partial charge on any atom is 0.254 e. The molecule has 0 saturated carbocycles. The van der Waals surface area contributed by atoms with Crippen molar-refractivity contribution in [3.8, 4) is 0 Å². The van der Waals surface area contributed by atoms with E-state index in [0.717, 1.165) is 38.3 Å². The first-order valence-electron chi connectivity index (χ1n) is 9.18. The molecule has 2 fully saturated rings. The molecule has 1 atom stereocenters. The Morgan fingerprint density at radius 2 is 2.15 bits per heavy atom. The molecule has 26 heavy (non-hydrogen) atoms. The quantitative estimate of drug-likeness (QED) is 0.824. The lowest BCUT2D eigenvalue weighted by atomic mass is 9.82. The summed E-state index contributed by atoms with van der Waals surface area (Å²) in [4.78, 5) is 20.6. The lowest BCUT2D eigenvalue weighted by Gasteiger charge is -2.53. The molecule has 6 heteroatoms. The lowest BCUT2D eigenvalue weighted by molar-refractivity contribution is -0.168. The second kappa shape index (κ2) is 7.21. The van der Waals surface area contributed by atoms with Crippen molar-refractivity contribution in [2.24, 2.45) is 5.92 Å². The van der Waals surface area contributed by atoms with E-state index in [4.69, 9.17) is 9.15 Å². The average Bonchev–Trinajstić information content (AvgIpc) is 3.13. The van der Waals surface area contributed by atoms with Gasteiger partial charge in [-0.25, -0.2) is 0 Å². The third-order valence-corrected chi connectivity index (χ3v) is 5.38. The third kappa shape index (κ3) is 3.66. The van der Waals surface area contributed by atoms with Crippen LogP contribution in [0.2, 0.25) is 0 Å². The van der Waals surface area contributed by atoms with Gasteiger partial charge in [0.25, 0.3) is 5.91 Å². The van der Waals surface area contributed by atoms with E-state index in [9.17, 15) is 4.79 Å².